The smallest absolute Gasteiger partial charge is 0.339 e. The fourth-order valence-electron chi connectivity index (χ4n) is 1.30. The predicted octanol–water partition coefficient (Wildman–Crippen LogP) is 1.72. The molecule has 0 aliphatic rings. The number of benzene rings is 1. The molecule has 94 valence electrons. The monoisotopic (exact) mass is 266 g/mol. The molecule has 1 aromatic heterocycles. The predicted molar refractivity (Wildman–Crippen MR) is 64.0 cm³/mol. The average Bonchev–Trinajstić information content (AvgIpc) is 2.29. The third-order valence-electron chi connectivity index (χ3n) is 2.19. The SMILES string of the molecule is Cc1ccc(S(=O)(=O)Oc2ccoc(=O)c2)cc1. The van der Waals surface area contributed by atoms with Crippen LogP contribution in [0.5, 0.6) is 5.75 Å². The zero-order chi connectivity index (χ0) is 13.2. The maximum atomic E-state index is 11.9. The van der Waals surface area contributed by atoms with Gasteiger partial charge in [-0.1, -0.05) is 17.7 Å². The van der Waals surface area contributed by atoms with Crippen molar-refractivity contribution in [1.29, 1.82) is 0 Å². The second-order valence-electron chi connectivity index (χ2n) is 3.64. The van der Waals surface area contributed by atoms with Gasteiger partial charge in [-0.25, -0.2) is 4.79 Å². The van der Waals surface area contributed by atoms with Crippen LogP contribution in [0.1, 0.15) is 5.56 Å². The van der Waals surface area contributed by atoms with Crippen LogP contribution in [0.15, 0.2) is 56.8 Å². The Morgan fingerprint density at radius 3 is 2.39 bits per heavy atom. The van der Waals surface area contributed by atoms with Gasteiger partial charge in [-0.2, -0.15) is 8.42 Å². The molecule has 1 aromatic carbocycles. The second kappa shape index (κ2) is 4.66. The molecule has 2 aromatic rings. The molecule has 0 fully saturated rings. The molecular formula is C12H10O5S. The van der Waals surface area contributed by atoms with Crippen LogP contribution in [0.25, 0.3) is 0 Å². The molecule has 2 rings (SSSR count). The van der Waals surface area contributed by atoms with Gasteiger partial charge in [-0.05, 0) is 19.1 Å². The first-order chi connectivity index (χ1) is 8.47. The highest BCUT2D eigenvalue weighted by molar-refractivity contribution is 7.87. The molecule has 18 heavy (non-hydrogen) atoms. The molecule has 0 N–H and O–H groups in total. The van der Waals surface area contributed by atoms with Gasteiger partial charge in [0, 0.05) is 6.07 Å². The third-order valence-corrected chi connectivity index (χ3v) is 3.45. The molecular weight excluding hydrogens is 256 g/mol. The Balaban J connectivity index is 2.33. The molecule has 0 saturated heterocycles. The van der Waals surface area contributed by atoms with Crippen LogP contribution in [0.3, 0.4) is 0 Å². The van der Waals surface area contributed by atoms with Gasteiger partial charge in [-0.3, -0.25) is 0 Å². The van der Waals surface area contributed by atoms with Crippen molar-refractivity contribution in [3.05, 3.63) is 58.6 Å². The highest BCUT2D eigenvalue weighted by Gasteiger charge is 2.16. The van der Waals surface area contributed by atoms with E-state index in [1.807, 2.05) is 6.92 Å². The summed E-state index contributed by atoms with van der Waals surface area (Å²) in [7, 11) is -3.93. The van der Waals surface area contributed by atoms with Gasteiger partial charge >= 0.3 is 15.7 Å². The zero-order valence-corrected chi connectivity index (χ0v) is 10.3. The van der Waals surface area contributed by atoms with E-state index in [1.165, 1.54) is 18.2 Å². The van der Waals surface area contributed by atoms with Gasteiger partial charge in [0.05, 0.1) is 12.3 Å². The summed E-state index contributed by atoms with van der Waals surface area (Å²) in [5.41, 5.74) is 0.265. The minimum atomic E-state index is -3.93. The van der Waals surface area contributed by atoms with Gasteiger partial charge < -0.3 is 8.60 Å². The summed E-state index contributed by atoms with van der Waals surface area (Å²) in [4.78, 5) is 10.9. The van der Waals surface area contributed by atoms with E-state index in [0.717, 1.165) is 17.9 Å². The van der Waals surface area contributed by atoms with E-state index in [2.05, 4.69) is 4.42 Å². The Labute approximate surface area is 104 Å². The quantitative estimate of drug-likeness (QED) is 0.791. The lowest BCUT2D eigenvalue weighted by Crippen LogP contribution is -2.11. The fraction of sp³-hybridized carbons (Fsp3) is 0.0833. The van der Waals surface area contributed by atoms with E-state index in [9.17, 15) is 13.2 Å². The minimum absolute atomic E-state index is 0.0290. The Morgan fingerprint density at radius 1 is 1.11 bits per heavy atom. The van der Waals surface area contributed by atoms with Crippen molar-refractivity contribution < 1.29 is 17.0 Å². The molecule has 0 spiro atoms. The average molecular weight is 266 g/mol. The maximum Gasteiger partial charge on any atom is 0.339 e. The lowest BCUT2D eigenvalue weighted by atomic mass is 10.2. The van der Waals surface area contributed by atoms with E-state index < -0.39 is 15.7 Å². The highest BCUT2D eigenvalue weighted by atomic mass is 32.2. The van der Waals surface area contributed by atoms with E-state index in [1.54, 1.807) is 12.1 Å². The Bertz CT molecular complexity index is 698. The van der Waals surface area contributed by atoms with Crippen LogP contribution in [-0.2, 0) is 10.1 Å². The van der Waals surface area contributed by atoms with Crippen molar-refractivity contribution in [3.8, 4) is 5.75 Å². The Morgan fingerprint density at radius 2 is 1.78 bits per heavy atom. The summed E-state index contributed by atoms with van der Waals surface area (Å²) in [6.07, 6.45) is 1.07. The number of rotatable bonds is 3. The van der Waals surface area contributed by atoms with Crippen LogP contribution >= 0.6 is 0 Å². The van der Waals surface area contributed by atoms with Crippen LogP contribution in [0, 0.1) is 6.92 Å². The molecule has 0 atom stereocenters. The number of aryl methyl sites for hydroxylation is 1. The maximum absolute atomic E-state index is 11.9. The molecule has 6 heteroatoms. The van der Waals surface area contributed by atoms with Crippen LogP contribution in [-0.4, -0.2) is 8.42 Å². The number of hydrogen-bond donors (Lipinski definition) is 0. The molecule has 0 amide bonds. The first kappa shape index (κ1) is 12.4. The molecule has 0 aliphatic heterocycles. The normalized spacial score (nSPS) is 11.2. The van der Waals surface area contributed by atoms with Gasteiger partial charge in [0.25, 0.3) is 0 Å². The van der Waals surface area contributed by atoms with E-state index >= 15 is 0 Å². The topological polar surface area (TPSA) is 73.6 Å². The molecule has 0 bridgehead atoms. The standard InChI is InChI=1S/C12H10O5S/c1-9-2-4-11(5-3-9)18(14,15)17-10-6-7-16-12(13)8-10/h2-8H,1H3. The van der Waals surface area contributed by atoms with E-state index in [0.29, 0.717) is 0 Å². The first-order valence-electron chi connectivity index (χ1n) is 5.07. The fourth-order valence-corrected chi connectivity index (χ4v) is 2.22. The molecule has 0 radical (unpaired) electrons. The van der Waals surface area contributed by atoms with Crippen molar-refractivity contribution in [3.63, 3.8) is 0 Å². The lowest BCUT2D eigenvalue weighted by Gasteiger charge is -2.06. The molecule has 0 saturated carbocycles. The highest BCUT2D eigenvalue weighted by Crippen LogP contribution is 2.17. The minimum Gasteiger partial charge on any atom is -0.431 e. The first-order valence-corrected chi connectivity index (χ1v) is 6.48. The number of hydrogen-bond acceptors (Lipinski definition) is 5. The molecule has 1 heterocycles. The molecule has 0 aliphatic carbocycles. The van der Waals surface area contributed by atoms with Gasteiger partial charge in [0.2, 0.25) is 0 Å². The van der Waals surface area contributed by atoms with Crippen molar-refractivity contribution in [2.75, 3.05) is 0 Å². The summed E-state index contributed by atoms with van der Waals surface area (Å²) in [6, 6.07) is 8.43. The van der Waals surface area contributed by atoms with Crippen molar-refractivity contribution in [1.82, 2.24) is 0 Å². The van der Waals surface area contributed by atoms with Crippen molar-refractivity contribution in [2.45, 2.75) is 11.8 Å². The largest absolute Gasteiger partial charge is 0.431 e. The summed E-state index contributed by atoms with van der Waals surface area (Å²) in [5, 5.41) is 0. The molecule has 5 nitrogen and oxygen atoms in total. The van der Waals surface area contributed by atoms with Crippen LogP contribution < -0.4 is 9.81 Å². The zero-order valence-electron chi connectivity index (χ0n) is 9.49. The van der Waals surface area contributed by atoms with E-state index in [4.69, 9.17) is 4.18 Å². The Hall–Kier alpha value is -2.08. The Kier molecular flexibility index (Phi) is 3.20. The van der Waals surface area contributed by atoms with Gasteiger partial charge in [0.1, 0.15) is 4.90 Å². The summed E-state index contributed by atoms with van der Waals surface area (Å²) >= 11 is 0. The second-order valence-corrected chi connectivity index (χ2v) is 5.18. The molecule has 0 unspecified atom stereocenters. The van der Waals surface area contributed by atoms with E-state index in [-0.39, 0.29) is 10.6 Å². The van der Waals surface area contributed by atoms with Crippen molar-refractivity contribution in [2.24, 2.45) is 0 Å². The summed E-state index contributed by atoms with van der Waals surface area (Å²) < 4.78 is 33.0. The van der Waals surface area contributed by atoms with Gasteiger partial charge in [0.15, 0.2) is 5.75 Å². The van der Waals surface area contributed by atoms with Crippen LogP contribution in [0.2, 0.25) is 0 Å². The van der Waals surface area contributed by atoms with Crippen molar-refractivity contribution >= 4 is 10.1 Å². The lowest BCUT2D eigenvalue weighted by molar-refractivity contribution is 0.467. The summed E-state index contributed by atoms with van der Waals surface area (Å²) in [6.45, 7) is 1.85. The van der Waals surface area contributed by atoms with Crippen LogP contribution in [0.4, 0.5) is 0 Å². The summed E-state index contributed by atoms with van der Waals surface area (Å²) in [5.74, 6) is -0.0770. The third kappa shape index (κ3) is 2.78. The van der Waals surface area contributed by atoms with Gasteiger partial charge in [-0.15, -0.1) is 0 Å².